The number of H-pyrrole nitrogens is 1. The molecule has 2 heterocycles. The molecule has 0 saturated carbocycles. The minimum atomic E-state index is -0.282. The van der Waals surface area contributed by atoms with Crippen LogP contribution in [-0.4, -0.2) is 39.3 Å². The monoisotopic (exact) mass is 405 g/mol. The van der Waals surface area contributed by atoms with E-state index in [9.17, 15) is 9.90 Å². The van der Waals surface area contributed by atoms with Crippen LogP contribution in [-0.2, 0) is 0 Å². The van der Waals surface area contributed by atoms with E-state index in [0.29, 0.717) is 30.1 Å². The number of carbonyl (C=O) groups is 1. The van der Waals surface area contributed by atoms with Crippen molar-refractivity contribution >= 4 is 5.91 Å². The number of benzene rings is 2. The van der Waals surface area contributed by atoms with Crippen molar-refractivity contribution in [2.45, 2.75) is 39.2 Å². The van der Waals surface area contributed by atoms with Gasteiger partial charge in [0.1, 0.15) is 22.9 Å². The number of phenols is 1. The molecule has 1 amide bonds. The number of unbranched alkanes of at least 4 members (excludes halogenated alkanes) is 1. The normalized spacial score (nSPS) is 15.5. The zero-order valence-electron chi connectivity index (χ0n) is 17.4. The van der Waals surface area contributed by atoms with E-state index in [1.165, 1.54) is 0 Å². The Morgan fingerprint density at radius 3 is 2.73 bits per heavy atom. The predicted octanol–water partition coefficient (Wildman–Crippen LogP) is 4.92. The number of aromatic amines is 1. The second kappa shape index (κ2) is 8.61. The second-order valence-corrected chi connectivity index (χ2v) is 7.55. The van der Waals surface area contributed by atoms with Gasteiger partial charge >= 0.3 is 0 Å². The van der Waals surface area contributed by atoms with Gasteiger partial charge in [-0.1, -0.05) is 44.5 Å². The standard InChI is InChI=1S/C24H27N3O3/c1-3-5-14-30-17-10-8-9-16(15-17)23-20-21(18-11-6-7-12-19(18)28)25-26-22(20)24(29)27(23)13-4-2/h6-12,15,23,28H,3-5,13-14H2,1-2H3,(H,25,26). The molecule has 0 aliphatic carbocycles. The number of amides is 1. The molecule has 0 fully saturated rings. The third kappa shape index (κ3) is 3.54. The third-order valence-corrected chi connectivity index (χ3v) is 5.43. The van der Waals surface area contributed by atoms with Gasteiger partial charge < -0.3 is 14.7 Å². The highest BCUT2D eigenvalue weighted by Gasteiger charge is 2.42. The minimum absolute atomic E-state index is 0.0664. The Balaban J connectivity index is 1.80. The van der Waals surface area contributed by atoms with Crippen LogP contribution in [0.5, 0.6) is 11.5 Å². The Hall–Kier alpha value is -3.28. The molecule has 1 atom stereocenters. The van der Waals surface area contributed by atoms with Crippen LogP contribution >= 0.6 is 0 Å². The van der Waals surface area contributed by atoms with E-state index in [1.54, 1.807) is 12.1 Å². The molecule has 2 N–H and O–H groups in total. The fraction of sp³-hybridized carbons (Fsp3) is 0.333. The maximum absolute atomic E-state index is 13.2. The molecule has 6 nitrogen and oxygen atoms in total. The number of fused-ring (bicyclic) bond motifs is 1. The van der Waals surface area contributed by atoms with Crippen LogP contribution in [0.2, 0.25) is 0 Å². The number of nitrogens with zero attached hydrogens (tertiary/aromatic N) is 2. The molecule has 3 aromatic rings. The van der Waals surface area contributed by atoms with Crippen molar-refractivity contribution in [3.8, 4) is 22.8 Å². The number of carbonyl (C=O) groups excluding carboxylic acids is 1. The maximum Gasteiger partial charge on any atom is 0.273 e. The van der Waals surface area contributed by atoms with Crippen molar-refractivity contribution in [2.75, 3.05) is 13.2 Å². The highest BCUT2D eigenvalue weighted by molar-refractivity contribution is 6.00. The van der Waals surface area contributed by atoms with Crippen molar-refractivity contribution in [1.29, 1.82) is 0 Å². The quantitative estimate of drug-likeness (QED) is 0.522. The molecule has 156 valence electrons. The summed E-state index contributed by atoms with van der Waals surface area (Å²) in [6, 6.07) is 14.7. The Morgan fingerprint density at radius 2 is 1.97 bits per heavy atom. The smallest absolute Gasteiger partial charge is 0.273 e. The molecular formula is C24H27N3O3. The summed E-state index contributed by atoms with van der Waals surface area (Å²) in [7, 11) is 0. The van der Waals surface area contributed by atoms with Gasteiger partial charge in [0.2, 0.25) is 0 Å². The van der Waals surface area contributed by atoms with E-state index in [1.807, 2.05) is 41.3 Å². The number of aromatic hydroxyl groups is 1. The van der Waals surface area contributed by atoms with Crippen LogP contribution in [0, 0.1) is 0 Å². The summed E-state index contributed by atoms with van der Waals surface area (Å²) in [5, 5.41) is 17.7. The lowest BCUT2D eigenvalue weighted by molar-refractivity contribution is 0.0743. The largest absolute Gasteiger partial charge is 0.507 e. The van der Waals surface area contributed by atoms with Crippen molar-refractivity contribution in [1.82, 2.24) is 15.1 Å². The molecular weight excluding hydrogens is 378 g/mol. The van der Waals surface area contributed by atoms with Crippen molar-refractivity contribution in [2.24, 2.45) is 0 Å². The van der Waals surface area contributed by atoms with Crippen LogP contribution in [0.3, 0.4) is 0 Å². The molecule has 6 heteroatoms. The molecule has 0 saturated heterocycles. The van der Waals surface area contributed by atoms with E-state index < -0.39 is 0 Å². The summed E-state index contributed by atoms with van der Waals surface area (Å²) in [6.07, 6.45) is 2.92. The average molecular weight is 405 g/mol. The van der Waals surface area contributed by atoms with Crippen molar-refractivity contribution < 1.29 is 14.6 Å². The first-order valence-electron chi connectivity index (χ1n) is 10.6. The molecule has 2 aromatic carbocycles. The van der Waals surface area contributed by atoms with Gasteiger partial charge in [0.25, 0.3) is 5.91 Å². The number of hydrogen-bond acceptors (Lipinski definition) is 4. The lowest BCUT2D eigenvalue weighted by Gasteiger charge is -2.26. The van der Waals surface area contributed by atoms with Gasteiger partial charge in [0.15, 0.2) is 0 Å². The Bertz CT molecular complexity index is 1040. The Kier molecular flexibility index (Phi) is 5.74. The SMILES string of the molecule is CCCCOc1cccc(C2c3c(-c4ccccc4O)n[nH]c3C(=O)N2CCC)c1. The summed E-state index contributed by atoms with van der Waals surface area (Å²) in [5.41, 5.74) is 3.49. The second-order valence-electron chi connectivity index (χ2n) is 7.55. The highest BCUT2D eigenvalue weighted by Crippen LogP contribution is 2.44. The van der Waals surface area contributed by atoms with Crippen LogP contribution in [0.4, 0.5) is 0 Å². The van der Waals surface area contributed by atoms with Crippen molar-refractivity contribution in [3.05, 3.63) is 65.4 Å². The maximum atomic E-state index is 13.2. The lowest BCUT2D eigenvalue weighted by atomic mass is 9.95. The van der Waals surface area contributed by atoms with Gasteiger partial charge in [0, 0.05) is 17.7 Å². The molecule has 0 bridgehead atoms. The highest BCUT2D eigenvalue weighted by atomic mass is 16.5. The van der Waals surface area contributed by atoms with E-state index in [0.717, 1.165) is 36.1 Å². The van der Waals surface area contributed by atoms with E-state index >= 15 is 0 Å². The van der Waals surface area contributed by atoms with E-state index in [-0.39, 0.29) is 17.7 Å². The number of nitrogens with one attached hydrogen (secondary N) is 1. The lowest BCUT2D eigenvalue weighted by Crippen LogP contribution is -2.30. The summed E-state index contributed by atoms with van der Waals surface area (Å²) in [6.45, 7) is 5.49. The number of aromatic nitrogens is 2. The first kappa shape index (κ1) is 20.0. The fourth-order valence-electron chi connectivity index (χ4n) is 4.00. The number of ether oxygens (including phenoxy) is 1. The molecule has 1 aliphatic heterocycles. The molecule has 4 rings (SSSR count). The van der Waals surface area contributed by atoms with Crippen LogP contribution in [0.1, 0.15) is 60.8 Å². The summed E-state index contributed by atoms with van der Waals surface area (Å²) < 4.78 is 5.91. The van der Waals surface area contributed by atoms with Gasteiger partial charge in [0.05, 0.1) is 12.6 Å². The number of phenolic OH excluding ortho intramolecular Hbond substituents is 1. The Labute approximate surface area is 176 Å². The molecule has 30 heavy (non-hydrogen) atoms. The van der Waals surface area contributed by atoms with Gasteiger partial charge in [-0.15, -0.1) is 0 Å². The number of para-hydroxylation sites is 1. The van der Waals surface area contributed by atoms with E-state index in [2.05, 4.69) is 24.0 Å². The van der Waals surface area contributed by atoms with Gasteiger partial charge in [-0.05, 0) is 42.7 Å². The van der Waals surface area contributed by atoms with Crippen molar-refractivity contribution in [3.63, 3.8) is 0 Å². The summed E-state index contributed by atoms with van der Waals surface area (Å²) in [4.78, 5) is 15.0. The predicted molar refractivity (Wildman–Crippen MR) is 116 cm³/mol. The summed E-state index contributed by atoms with van der Waals surface area (Å²) in [5.74, 6) is 0.873. The third-order valence-electron chi connectivity index (χ3n) is 5.43. The molecule has 1 aliphatic rings. The molecule has 1 unspecified atom stereocenters. The van der Waals surface area contributed by atoms with E-state index in [4.69, 9.17) is 4.74 Å². The first-order chi connectivity index (χ1) is 14.7. The molecule has 1 aromatic heterocycles. The van der Waals surface area contributed by atoms with Gasteiger partial charge in [-0.2, -0.15) is 5.10 Å². The molecule has 0 spiro atoms. The Morgan fingerprint density at radius 1 is 1.13 bits per heavy atom. The van der Waals surface area contributed by atoms with Gasteiger partial charge in [-0.3, -0.25) is 9.89 Å². The van der Waals surface area contributed by atoms with Gasteiger partial charge in [-0.25, -0.2) is 0 Å². The summed E-state index contributed by atoms with van der Waals surface area (Å²) >= 11 is 0. The van der Waals surface area contributed by atoms with Crippen LogP contribution in [0.25, 0.3) is 11.3 Å². The van der Waals surface area contributed by atoms with Crippen LogP contribution in [0.15, 0.2) is 48.5 Å². The van der Waals surface area contributed by atoms with Crippen LogP contribution < -0.4 is 4.74 Å². The zero-order valence-corrected chi connectivity index (χ0v) is 17.4. The number of rotatable bonds is 8. The first-order valence-corrected chi connectivity index (χ1v) is 10.6. The molecule has 0 radical (unpaired) electrons. The topological polar surface area (TPSA) is 78.5 Å². The zero-order chi connectivity index (χ0) is 21.1. The minimum Gasteiger partial charge on any atom is -0.507 e. The number of hydrogen-bond donors (Lipinski definition) is 2. The average Bonchev–Trinajstić information content (AvgIpc) is 3.29. The fourth-order valence-corrected chi connectivity index (χ4v) is 4.00.